The number of aryl methyl sites for hydroxylation is 1. The molecule has 0 aliphatic rings. The summed E-state index contributed by atoms with van der Waals surface area (Å²) in [4.78, 5) is 14.3. The van der Waals surface area contributed by atoms with Crippen LogP contribution in [-0.2, 0) is 0 Å². The van der Waals surface area contributed by atoms with Crippen molar-refractivity contribution in [3.8, 4) is 0 Å². The van der Waals surface area contributed by atoms with Crippen molar-refractivity contribution in [1.29, 1.82) is 0 Å². The first-order valence-corrected chi connectivity index (χ1v) is 5.59. The SMILES string of the molecule is Cc1ccccc1Nc1nc(Cl)ccc1[N+](=O)[O-]. The Balaban J connectivity index is 2.42. The lowest BCUT2D eigenvalue weighted by Crippen LogP contribution is -2.00. The Bertz CT molecular complexity index is 602. The number of halogens is 1. The van der Waals surface area contributed by atoms with Crippen LogP contribution < -0.4 is 5.32 Å². The van der Waals surface area contributed by atoms with E-state index in [2.05, 4.69) is 10.3 Å². The second-order valence-corrected chi connectivity index (χ2v) is 4.09. The van der Waals surface area contributed by atoms with Crippen LogP contribution in [0.25, 0.3) is 0 Å². The number of hydrogen-bond acceptors (Lipinski definition) is 4. The molecule has 0 unspecified atom stereocenters. The van der Waals surface area contributed by atoms with E-state index in [1.165, 1.54) is 12.1 Å². The Kier molecular flexibility index (Phi) is 3.43. The highest BCUT2D eigenvalue weighted by Gasteiger charge is 2.16. The number of nitro groups is 1. The predicted octanol–water partition coefficient (Wildman–Crippen LogP) is 3.70. The molecule has 0 aliphatic heterocycles. The largest absolute Gasteiger partial charge is 0.334 e. The number of anilines is 2. The summed E-state index contributed by atoms with van der Waals surface area (Å²) in [7, 11) is 0. The zero-order valence-electron chi connectivity index (χ0n) is 9.55. The van der Waals surface area contributed by atoms with Crippen LogP contribution in [0.2, 0.25) is 5.15 Å². The van der Waals surface area contributed by atoms with Crippen molar-refractivity contribution in [2.45, 2.75) is 6.92 Å². The number of nitrogens with zero attached hydrogens (tertiary/aromatic N) is 2. The Hall–Kier alpha value is -2.14. The monoisotopic (exact) mass is 263 g/mol. The molecular weight excluding hydrogens is 254 g/mol. The van der Waals surface area contributed by atoms with Gasteiger partial charge in [-0.15, -0.1) is 0 Å². The van der Waals surface area contributed by atoms with Crippen molar-refractivity contribution in [2.75, 3.05) is 5.32 Å². The number of nitrogens with one attached hydrogen (secondary N) is 1. The summed E-state index contributed by atoms with van der Waals surface area (Å²) in [6.45, 7) is 1.90. The molecule has 0 amide bonds. The topological polar surface area (TPSA) is 68.1 Å². The summed E-state index contributed by atoms with van der Waals surface area (Å²) in [5, 5.41) is 14.0. The van der Waals surface area contributed by atoms with Gasteiger partial charge >= 0.3 is 5.69 Å². The number of benzene rings is 1. The molecule has 18 heavy (non-hydrogen) atoms. The lowest BCUT2D eigenvalue weighted by Gasteiger charge is -2.08. The van der Waals surface area contributed by atoms with Crippen LogP contribution in [0, 0.1) is 17.0 Å². The molecule has 1 aromatic heterocycles. The molecule has 0 spiro atoms. The van der Waals surface area contributed by atoms with Gasteiger partial charge in [0.25, 0.3) is 0 Å². The summed E-state index contributed by atoms with van der Waals surface area (Å²) in [5.41, 5.74) is 1.62. The van der Waals surface area contributed by atoms with E-state index < -0.39 is 4.92 Å². The molecule has 0 saturated heterocycles. The van der Waals surface area contributed by atoms with Crippen LogP contribution in [0.1, 0.15) is 5.56 Å². The van der Waals surface area contributed by atoms with E-state index in [0.29, 0.717) is 0 Å². The lowest BCUT2D eigenvalue weighted by molar-refractivity contribution is -0.384. The fraction of sp³-hybridized carbons (Fsp3) is 0.0833. The summed E-state index contributed by atoms with van der Waals surface area (Å²) >= 11 is 5.75. The van der Waals surface area contributed by atoms with Crippen LogP contribution in [-0.4, -0.2) is 9.91 Å². The van der Waals surface area contributed by atoms with E-state index in [1.807, 2.05) is 31.2 Å². The van der Waals surface area contributed by atoms with Crippen molar-refractivity contribution in [3.63, 3.8) is 0 Å². The van der Waals surface area contributed by atoms with Crippen LogP contribution in [0.3, 0.4) is 0 Å². The number of aromatic nitrogens is 1. The molecule has 1 heterocycles. The van der Waals surface area contributed by atoms with E-state index in [1.54, 1.807) is 0 Å². The van der Waals surface area contributed by atoms with E-state index in [0.717, 1.165) is 11.3 Å². The molecule has 2 aromatic rings. The number of hydrogen-bond donors (Lipinski definition) is 1. The Morgan fingerprint density at radius 1 is 1.28 bits per heavy atom. The third kappa shape index (κ3) is 2.57. The molecule has 0 fully saturated rings. The van der Waals surface area contributed by atoms with Gasteiger partial charge in [0.1, 0.15) is 5.15 Å². The molecule has 2 rings (SSSR count). The average molecular weight is 264 g/mol. The number of rotatable bonds is 3. The summed E-state index contributed by atoms with van der Waals surface area (Å²) in [6.07, 6.45) is 0. The molecule has 0 atom stereocenters. The van der Waals surface area contributed by atoms with Gasteiger partial charge in [-0.05, 0) is 24.6 Å². The highest BCUT2D eigenvalue weighted by atomic mass is 35.5. The van der Waals surface area contributed by atoms with E-state index >= 15 is 0 Å². The fourth-order valence-electron chi connectivity index (χ4n) is 1.51. The number of pyridine rings is 1. The van der Waals surface area contributed by atoms with Crippen LogP contribution in [0.5, 0.6) is 0 Å². The molecular formula is C12H10ClN3O2. The standard InChI is InChI=1S/C12H10ClN3O2/c1-8-4-2-3-5-9(8)14-12-10(16(17)18)6-7-11(13)15-12/h2-7H,1H3,(H,14,15). The van der Waals surface area contributed by atoms with Gasteiger partial charge in [-0.3, -0.25) is 10.1 Å². The molecule has 0 saturated carbocycles. The van der Waals surface area contributed by atoms with Gasteiger partial charge in [0.05, 0.1) is 4.92 Å². The smallest absolute Gasteiger partial charge is 0.311 e. The quantitative estimate of drug-likeness (QED) is 0.521. The minimum atomic E-state index is -0.496. The van der Waals surface area contributed by atoms with Crippen LogP contribution >= 0.6 is 11.6 Å². The summed E-state index contributed by atoms with van der Waals surface area (Å²) < 4.78 is 0. The molecule has 0 bridgehead atoms. The predicted molar refractivity (Wildman–Crippen MR) is 70.4 cm³/mol. The summed E-state index contributed by atoms with van der Waals surface area (Å²) in [5.74, 6) is 0.141. The average Bonchev–Trinajstić information content (AvgIpc) is 2.32. The minimum Gasteiger partial charge on any atom is -0.334 e. The van der Waals surface area contributed by atoms with Crippen LogP contribution in [0.4, 0.5) is 17.2 Å². The molecule has 1 aromatic carbocycles. The molecule has 0 radical (unpaired) electrons. The Morgan fingerprint density at radius 3 is 2.67 bits per heavy atom. The maximum absolute atomic E-state index is 10.9. The minimum absolute atomic E-state index is 0.109. The first kappa shape index (κ1) is 12.3. The van der Waals surface area contributed by atoms with Gasteiger partial charge in [-0.25, -0.2) is 4.98 Å². The van der Waals surface area contributed by atoms with Gasteiger partial charge < -0.3 is 5.32 Å². The van der Waals surface area contributed by atoms with Gasteiger partial charge in [0, 0.05) is 11.8 Å². The Morgan fingerprint density at radius 2 is 2.00 bits per heavy atom. The third-order valence-electron chi connectivity index (χ3n) is 2.43. The van der Waals surface area contributed by atoms with Crippen molar-refractivity contribution in [2.24, 2.45) is 0 Å². The highest BCUT2D eigenvalue weighted by Crippen LogP contribution is 2.28. The van der Waals surface area contributed by atoms with E-state index in [-0.39, 0.29) is 16.7 Å². The van der Waals surface area contributed by atoms with Crippen molar-refractivity contribution in [3.05, 3.63) is 57.2 Å². The first-order chi connectivity index (χ1) is 8.58. The second kappa shape index (κ2) is 5.01. The van der Waals surface area contributed by atoms with Gasteiger partial charge in [-0.1, -0.05) is 29.8 Å². The Labute approximate surface area is 109 Å². The molecule has 0 aliphatic carbocycles. The first-order valence-electron chi connectivity index (χ1n) is 5.21. The lowest BCUT2D eigenvalue weighted by atomic mass is 10.2. The third-order valence-corrected chi connectivity index (χ3v) is 2.65. The van der Waals surface area contributed by atoms with Gasteiger partial charge in [0.15, 0.2) is 0 Å². The van der Waals surface area contributed by atoms with Crippen molar-refractivity contribution in [1.82, 2.24) is 4.98 Å². The highest BCUT2D eigenvalue weighted by molar-refractivity contribution is 6.29. The van der Waals surface area contributed by atoms with Crippen molar-refractivity contribution >= 4 is 28.8 Å². The molecule has 92 valence electrons. The van der Waals surface area contributed by atoms with E-state index in [4.69, 9.17) is 11.6 Å². The summed E-state index contributed by atoms with van der Waals surface area (Å²) in [6, 6.07) is 10.2. The maximum Gasteiger partial charge on any atom is 0.311 e. The maximum atomic E-state index is 10.9. The van der Waals surface area contributed by atoms with Gasteiger partial charge in [0.2, 0.25) is 5.82 Å². The normalized spacial score (nSPS) is 10.1. The van der Waals surface area contributed by atoms with E-state index in [9.17, 15) is 10.1 Å². The van der Waals surface area contributed by atoms with Crippen molar-refractivity contribution < 1.29 is 4.92 Å². The second-order valence-electron chi connectivity index (χ2n) is 3.70. The molecule has 5 nitrogen and oxygen atoms in total. The molecule has 1 N–H and O–H groups in total. The van der Waals surface area contributed by atoms with Gasteiger partial charge in [-0.2, -0.15) is 0 Å². The zero-order valence-corrected chi connectivity index (χ0v) is 10.3. The number of para-hydroxylation sites is 1. The fourth-order valence-corrected chi connectivity index (χ4v) is 1.66. The van der Waals surface area contributed by atoms with Crippen LogP contribution in [0.15, 0.2) is 36.4 Å². The molecule has 6 heteroatoms. The zero-order chi connectivity index (χ0) is 13.1.